The highest BCUT2D eigenvalue weighted by Gasteiger charge is 2.34. The molecule has 1 aliphatic heterocycles. The maximum atomic E-state index is 12.6. The fourth-order valence-corrected chi connectivity index (χ4v) is 1.97. The van der Waals surface area contributed by atoms with Gasteiger partial charge in [0.25, 0.3) is 0 Å². The van der Waals surface area contributed by atoms with Crippen LogP contribution in [-0.4, -0.2) is 6.54 Å². The van der Waals surface area contributed by atoms with E-state index in [0.717, 1.165) is 6.07 Å². The minimum absolute atomic E-state index is 0.481. The predicted octanol–water partition coefficient (Wildman–Crippen LogP) is 2.37. The van der Waals surface area contributed by atoms with Gasteiger partial charge in [-0.1, -0.05) is 25.1 Å². The standard InChI is InChI=1S/C12H13F3N2/c1-11(6-10(16)17-7-11)8-3-2-4-9(5-8)12(13,14)15/h2-6,17H,7,16H2,1H3/t11-/m1/s1. The molecule has 0 spiro atoms. The average Bonchev–Trinajstić information content (AvgIpc) is 2.59. The van der Waals surface area contributed by atoms with Gasteiger partial charge in [0, 0.05) is 12.0 Å². The van der Waals surface area contributed by atoms with Crippen LogP contribution in [0.5, 0.6) is 0 Å². The summed E-state index contributed by atoms with van der Waals surface area (Å²) in [6, 6.07) is 5.36. The zero-order chi connectivity index (χ0) is 12.7. The van der Waals surface area contributed by atoms with Crippen LogP contribution in [0.15, 0.2) is 36.2 Å². The van der Waals surface area contributed by atoms with E-state index in [2.05, 4.69) is 5.32 Å². The molecule has 0 saturated heterocycles. The second-order valence-corrected chi connectivity index (χ2v) is 4.45. The first-order valence-electron chi connectivity index (χ1n) is 5.21. The minimum Gasteiger partial charge on any atom is -0.386 e. The van der Waals surface area contributed by atoms with Gasteiger partial charge in [0.1, 0.15) is 0 Å². The summed E-state index contributed by atoms with van der Waals surface area (Å²) in [4.78, 5) is 0. The molecule has 0 aliphatic carbocycles. The molecule has 0 bridgehead atoms. The van der Waals surface area contributed by atoms with Crippen molar-refractivity contribution in [1.82, 2.24) is 5.32 Å². The van der Waals surface area contributed by atoms with Crippen molar-refractivity contribution >= 4 is 0 Å². The molecule has 3 N–H and O–H groups in total. The number of benzene rings is 1. The Kier molecular flexibility index (Phi) is 2.56. The Balaban J connectivity index is 2.41. The van der Waals surface area contributed by atoms with Gasteiger partial charge in [-0.3, -0.25) is 0 Å². The van der Waals surface area contributed by atoms with Gasteiger partial charge in [-0.25, -0.2) is 0 Å². The molecule has 1 aliphatic rings. The largest absolute Gasteiger partial charge is 0.416 e. The van der Waals surface area contributed by atoms with E-state index in [9.17, 15) is 13.2 Å². The van der Waals surface area contributed by atoms with Crippen molar-refractivity contribution in [1.29, 1.82) is 0 Å². The zero-order valence-electron chi connectivity index (χ0n) is 9.31. The Morgan fingerprint density at radius 3 is 2.59 bits per heavy atom. The SMILES string of the molecule is C[C@@]1(c2cccc(C(F)(F)F)c2)C=C(N)NC1. The van der Waals surface area contributed by atoms with E-state index >= 15 is 0 Å². The van der Waals surface area contributed by atoms with Gasteiger partial charge in [0.2, 0.25) is 0 Å². The Bertz CT molecular complexity index is 465. The lowest BCUT2D eigenvalue weighted by Gasteiger charge is -2.22. The smallest absolute Gasteiger partial charge is 0.386 e. The van der Waals surface area contributed by atoms with Gasteiger partial charge < -0.3 is 11.1 Å². The van der Waals surface area contributed by atoms with E-state index in [4.69, 9.17) is 5.73 Å². The average molecular weight is 242 g/mol. The van der Waals surface area contributed by atoms with Gasteiger partial charge in [0.05, 0.1) is 11.4 Å². The van der Waals surface area contributed by atoms with Crippen molar-refractivity contribution in [3.63, 3.8) is 0 Å². The molecular formula is C12H13F3N2. The zero-order valence-corrected chi connectivity index (χ0v) is 9.31. The van der Waals surface area contributed by atoms with Crippen LogP contribution in [0.2, 0.25) is 0 Å². The molecule has 0 saturated carbocycles. The maximum Gasteiger partial charge on any atom is 0.416 e. The van der Waals surface area contributed by atoms with E-state index in [0.29, 0.717) is 17.9 Å². The summed E-state index contributed by atoms with van der Waals surface area (Å²) in [6.07, 6.45) is -2.56. The summed E-state index contributed by atoms with van der Waals surface area (Å²) in [7, 11) is 0. The summed E-state index contributed by atoms with van der Waals surface area (Å²) in [5, 5.41) is 2.92. The van der Waals surface area contributed by atoms with Crippen LogP contribution >= 0.6 is 0 Å². The number of nitrogens with two attached hydrogens (primary N) is 1. The molecule has 1 heterocycles. The predicted molar refractivity (Wildman–Crippen MR) is 59.1 cm³/mol. The molecule has 0 amide bonds. The van der Waals surface area contributed by atoms with Crippen LogP contribution in [0.25, 0.3) is 0 Å². The molecule has 2 rings (SSSR count). The van der Waals surface area contributed by atoms with E-state index in [1.165, 1.54) is 12.1 Å². The van der Waals surface area contributed by atoms with Crippen molar-refractivity contribution in [3.8, 4) is 0 Å². The molecule has 17 heavy (non-hydrogen) atoms. The summed E-state index contributed by atoms with van der Waals surface area (Å²) in [5.74, 6) is 0.505. The van der Waals surface area contributed by atoms with E-state index in [1.807, 2.05) is 6.92 Å². The quantitative estimate of drug-likeness (QED) is 0.793. The fraction of sp³-hybridized carbons (Fsp3) is 0.333. The third-order valence-electron chi connectivity index (χ3n) is 2.98. The van der Waals surface area contributed by atoms with Gasteiger partial charge in [-0.05, 0) is 17.7 Å². The molecule has 2 nitrogen and oxygen atoms in total. The van der Waals surface area contributed by atoms with Crippen molar-refractivity contribution in [2.45, 2.75) is 18.5 Å². The summed E-state index contributed by atoms with van der Waals surface area (Å²) >= 11 is 0. The third kappa shape index (κ3) is 2.23. The highest BCUT2D eigenvalue weighted by molar-refractivity contribution is 5.38. The first-order chi connectivity index (χ1) is 7.81. The molecule has 0 unspecified atom stereocenters. The van der Waals surface area contributed by atoms with Crippen molar-refractivity contribution in [2.75, 3.05) is 6.54 Å². The molecule has 0 fully saturated rings. The van der Waals surface area contributed by atoms with Gasteiger partial charge in [-0.15, -0.1) is 0 Å². The van der Waals surface area contributed by atoms with Crippen molar-refractivity contribution in [2.24, 2.45) is 5.73 Å². The molecule has 1 aromatic rings. The van der Waals surface area contributed by atoms with Crippen LogP contribution in [0, 0.1) is 0 Å². The number of hydrogen-bond acceptors (Lipinski definition) is 2. The van der Waals surface area contributed by atoms with Crippen LogP contribution in [-0.2, 0) is 11.6 Å². The summed E-state index contributed by atoms with van der Waals surface area (Å²) in [5.41, 5.74) is 5.10. The summed E-state index contributed by atoms with van der Waals surface area (Å²) in [6.45, 7) is 2.37. The molecule has 1 aromatic carbocycles. The van der Waals surface area contributed by atoms with Gasteiger partial charge >= 0.3 is 6.18 Å². The Hall–Kier alpha value is -1.65. The minimum atomic E-state index is -4.31. The highest BCUT2D eigenvalue weighted by atomic mass is 19.4. The Labute approximate surface area is 97.3 Å². The first kappa shape index (κ1) is 11.8. The number of halogens is 3. The lowest BCUT2D eigenvalue weighted by Crippen LogP contribution is -2.27. The lowest BCUT2D eigenvalue weighted by atomic mass is 9.83. The fourth-order valence-electron chi connectivity index (χ4n) is 1.97. The Morgan fingerprint density at radius 1 is 1.35 bits per heavy atom. The van der Waals surface area contributed by atoms with Crippen molar-refractivity contribution in [3.05, 3.63) is 47.3 Å². The Morgan fingerprint density at radius 2 is 2.06 bits per heavy atom. The van der Waals surface area contributed by atoms with Crippen LogP contribution in [0.1, 0.15) is 18.1 Å². The molecule has 92 valence electrons. The van der Waals surface area contributed by atoms with Crippen molar-refractivity contribution < 1.29 is 13.2 Å². The second kappa shape index (κ2) is 3.68. The van der Waals surface area contributed by atoms with E-state index in [1.54, 1.807) is 12.1 Å². The molecular weight excluding hydrogens is 229 g/mol. The van der Waals surface area contributed by atoms with Gasteiger partial charge in [0.15, 0.2) is 0 Å². The number of rotatable bonds is 1. The number of hydrogen-bond donors (Lipinski definition) is 2. The van der Waals surface area contributed by atoms with Crippen LogP contribution in [0.3, 0.4) is 0 Å². The van der Waals surface area contributed by atoms with E-state index < -0.39 is 17.2 Å². The third-order valence-corrected chi connectivity index (χ3v) is 2.98. The molecule has 5 heteroatoms. The van der Waals surface area contributed by atoms with E-state index in [-0.39, 0.29) is 0 Å². The highest BCUT2D eigenvalue weighted by Crippen LogP contribution is 2.34. The first-order valence-corrected chi connectivity index (χ1v) is 5.21. The second-order valence-electron chi connectivity index (χ2n) is 4.45. The van der Waals surface area contributed by atoms with Crippen LogP contribution in [0.4, 0.5) is 13.2 Å². The van der Waals surface area contributed by atoms with Gasteiger partial charge in [-0.2, -0.15) is 13.2 Å². The normalized spacial score (nSPS) is 24.4. The summed E-state index contributed by atoms with van der Waals surface area (Å²) < 4.78 is 37.8. The number of alkyl halides is 3. The molecule has 0 aromatic heterocycles. The molecule has 1 atom stereocenters. The number of nitrogens with one attached hydrogen (secondary N) is 1. The maximum absolute atomic E-state index is 12.6. The van der Waals surface area contributed by atoms with Crippen LogP contribution < -0.4 is 11.1 Å². The molecule has 0 radical (unpaired) electrons. The lowest BCUT2D eigenvalue weighted by molar-refractivity contribution is -0.137. The topological polar surface area (TPSA) is 38.0 Å². The monoisotopic (exact) mass is 242 g/mol.